The number of hydrogen-bond acceptors (Lipinski definition) is 3. The standard InChI is InChI=1S/C15H28N2S/c1-6-16-10-15-9-14(13(4)18-15)11-17(5)8-7-12(2)3/h9,12,16H,6-8,10-11H2,1-5H3. The molecular weight excluding hydrogens is 240 g/mol. The van der Waals surface area contributed by atoms with Gasteiger partial charge in [0.05, 0.1) is 0 Å². The van der Waals surface area contributed by atoms with E-state index in [1.54, 1.807) is 0 Å². The minimum atomic E-state index is 0.792. The summed E-state index contributed by atoms with van der Waals surface area (Å²) >= 11 is 1.93. The van der Waals surface area contributed by atoms with E-state index in [4.69, 9.17) is 0 Å². The number of nitrogens with one attached hydrogen (secondary N) is 1. The first-order chi connectivity index (χ1) is 8.52. The first-order valence-electron chi connectivity index (χ1n) is 7.00. The normalized spacial score (nSPS) is 11.7. The van der Waals surface area contributed by atoms with Gasteiger partial charge in [-0.3, -0.25) is 0 Å². The van der Waals surface area contributed by atoms with Crippen LogP contribution in [0.15, 0.2) is 6.07 Å². The third-order valence-corrected chi connectivity index (χ3v) is 4.24. The lowest BCUT2D eigenvalue weighted by atomic mass is 10.1. The summed E-state index contributed by atoms with van der Waals surface area (Å²) in [5, 5.41) is 3.40. The van der Waals surface area contributed by atoms with Crippen molar-refractivity contribution in [2.75, 3.05) is 20.1 Å². The van der Waals surface area contributed by atoms with Crippen molar-refractivity contribution in [1.82, 2.24) is 10.2 Å². The third kappa shape index (κ3) is 5.51. The molecule has 0 amide bonds. The average Bonchev–Trinajstić information content (AvgIpc) is 2.65. The van der Waals surface area contributed by atoms with Gasteiger partial charge in [-0.1, -0.05) is 20.8 Å². The second-order valence-corrected chi connectivity index (χ2v) is 6.84. The number of hydrogen-bond donors (Lipinski definition) is 1. The Balaban J connectivity index is 2.47. The van der Waals surface area contributed by atoms with Gasteiger partial charge in [0.15, 0.2) is 0 Å². The van der Waals surface area contributed by atoms with Gasteiger partial charge in [-0.2, -0.15) is 0 Å². The van der Waals surface area contributed by atoms with E-state index in [0.717, 1.165) is 25.6 Å². The van der Waals surface area contributed by atoms with Crippen molar-refractivity contribution in [3.8, 4) is 0 Å². The quantitative estimate of drug-likeness (QED) is 0.774. The zero-order chi connectivity index (χ0) is 13.5. The van der Waals surface area contributed by atoms with E-state index in [1.165, 1.54) is 28.3 Å². The van der Waals surface area contributed by atoms with Crippen LogP contribution in [0.5, 0.6) is 0 Å². The molecule has 0 unspecified atom stereocenters. The first-order valence-corrected chi connectivity index (χ1v) is 7.82. The van der Waals surface area contributed by atoms with Crippen LogP contribution in [0.4, 0.5) is 0 Å². The van der Waals surface area contributed by atoms with Crippen molar-refractivity contribution in [3.63, 3.8) is 0 Å². The molecule has 0 atom stereocenters. The number of nitrogens with zero attached hydrogens (tertiary/aromatic N) is 1. The summed E-state index contributed by atoms with van der Waals surface area (Å²) in [7, 11) is 2.23. The SMILES string of the molecule is CCNCc1cc(CN(C)CCC(C)C)c(C)s1. The molecule has 1 aromatic rings. The second-order valence-electron chi connectivity index (χ2n) is 5.49. The van der Waals surface area contributed by atoms with Crippen molar-refractivity contribution >= 4 is 11.3 Å². The Bertz CT molecular complexity index is 344. The Morgan fingerprint density at radius 3 is 2.72 bits per heavy atom. The zero-order valence-electron chi connectivity index (χ0n) is 12.5. The molecule has 0 saturated heterocycles. The van der Waals surface area contributed by atoms with Crippen LogP contribution in [0.3, 0.4) is 0 Å². The molecule has 2 nitrogen and oxygen atoms in total. The summed E-state index contributed by atoms with van der Waals surface area (Å²) in [5.41, 5.74) is 1.50. The maximum absolute atomic E-state index is 3.40. The van der Waals surface area contributed by atoms with E-state index in [9.17, 15) is 0 Å². The van der Waals surface area contributed by atoms with Gasteiger partial charge in [0, 0.05) is 22.8 Å². The van der Waals surface area contributed by atoms with Crippen molar-refractivity contribution < 1.29 is 0 Å². The van der Waals surface area contributed by atoms with Crippen LogP contribution in [0.2, 0.25) is 0 Å². The fourth-order valence-corrected chi connectivity index (χ4v) is 2.95. The molecule has 104 valence electrons. The van der Waals surface area contributed by atoms with Crippen molar-refractivity contribution in [1.29, 1.82) is 0 Å². The first kappa shape index (κ1) is 15.7. The molecule has 0 radical (unpaired) electrons. The van der Waals surface area contributed by atoms with E-state index in [0.29, 0.717) is 0 Å². The summed E-state index contributed by atoms with van der Waals surface area (Å²) in [6.45, 7) is 13.3. The molecule has 0 fully saturated rings. The van der Waals surface area contributed by atoms with Gasteiger partial charge in [-0.05, 0) is 51.0 Å². The van der Waals surface area contributed by atoms with Crippen molar-refractivity contribution in [2.45, 2.75) is 47.2 Å². The second kappa shape index (κ2) is 7.93. The lowest BCUT2D eigenvalue weighted by molar-refractivity contribution is 0.303. The summed E-state index contributed by atoms with van der Waals surface area (Å²) in [6, 6.07) is 2.37. The molecule has 1 heterocycles. The fraction of sp³-hybridized carbons (Fsp3) is 0.733. The highest BCUT2D eigenvalue weighted by Gasteiger charge is 2.08. The molecule has 0 aliphatic heterocycles. The predicted molar refractivity (Wildman–Crippen MR) is 82.2 cm³/mol. The zero-order valence-corrected chi connectivity index (χ0v) is 13.4. The maximum atomic E-state index is 3.40. The number of rotatable bonds is 8. The minimum Gasteiger partial charge on any atom is -0.312 e. The molecule has 18 heavy (non-hydrogen) atoms. The summed E-state index contributed by atoms with van der Waals surface area (Å²) in [5.74, 6) is 0.792. The largest absolute Gasteiger partial charge is 0.312 e. The van der Waals surface area contributed by atoms with E-state index >= 15 is 0 Å². The van der Waals surface area contributed by atoms with Gasteiger partial charge in [-0.15, -0.1) is 11.3 Å². The molecule has 1 rings (SSSR count). The predicted octanol–water partition coefficient (Wildman–Crippen LogP) is 3.64. The van der Waals surface area contributed by atoms with Gasteiger partial charge in [0.1, 0.15) is 0 Å². The third-order valence-electron chi connectivity index (χ3n) is 3.15. The van der Waals surface area contributed by atoms with E-state index in [1.807, 2.05) is 11.3 Å². The molecule has 0 aliphatic carbocycles. The molecule has 0 bridgehead atoms. The smallest absolute Gasteiger partial charge is 0.0299 e. The van der Waals surface area contributed by atoms with Crippen molar-refractivity contribution in [2.24, 2.45) is 5.92 Å². The molecule has 0 aromatic carbocycles. The van der Waals surface area contributed by atoms with Gasteiger partial charge in [-0.25, -0.2) is 0 Å². The van der Waals surface area contributed by atoms with Gasteiger partial charge in [0.2, 0.25) is 0 Å². The van der Waals surface area contributed by atoms with E-state index in [-0.39, 0.29) is 0 Å². The van der Waals surface area contributed by atoms with Crippen LogP contribution in [0.1, 0.15) is 42.5 Å². The summed E-state index contributed by atoms with van der Waals surface area (Å²) in [4.78, 5) is 5.37. The number of thiophene rings is 1. The number of aryl methyl sites for hydroxylation is 1. The summed E-state index contributed by atoms with van der Waals surface area (Å²) in [6.07, 6.45) is 1.28. The highest BCUT2D eigenvalue weighted by Crippen LogP contribution is 2.22. The Morgan fingerprint density at radius 1 is 1.39 bits per heavy atom. The Kier molecular flexibility index (Phi) is 6.90. The lowest BCUT2D eigenvalue weighted by Gasteiger charge is -2.17. The van der Waals surface area contributed by atoms with Crippen LogP contribution >= 0.6 is 11.3 Å². The van der Waals surface area contributed by atoms with Crippen LogP contribution < -0.4 is 5.32 Å². The van der Waals surface area contributed by atoms with Crippen LogP contribution in [0.25, 0.3) is 0 Å². The Hall–Kier alpha value is -0.380. The molecule has 0 saturated carbocycles. The average molecular weight is 268 g/mol. The molecule has 3 heteroatoms. The fourth-order valence-electron chi connectivity index (χ4n) is 1.93. The highest BCUT2D eigenvalue weighted by molar-refractivity contribution is 7.12. The minimum absolute atomic E-state index is 0.792. The lowest BCUT2D eigenvalue weighted by Crippen LogP contribution is -2.20. The van der Waals surface area contributed by atoms with Crippen LogP contribution in [-0.2, 0) is 13.1 Å². The van der Waals surface area contributed by atoms with Crippen molar-refractivity contribution in [3.05, 3.63) is 21.4 Å². The Morgan fingerprint density at radius 2 is 2.11 bits per heavy atom. The summed E-state index contributed by atoms with van der Waals surface area (Å²) < 4.78 is 0. The topological polar surface area (TPSA) is 15.3 Å². The molecular formula is C15H28N2S. The monoisotopic (exact) mass is 268 g/mol. The van der Waals surface area contributed by atoms with Crippen LogP contribution in [-0.4, -0.2) is 25.0 Å². The van der Waals surface area contributed by atoms with Gasteiger partial charge in [0.25, 0.3) is 0 Å². The molecule has 1 N–H and O–H groups in total. The molecule has 1 aromatic heterocycles. The highest BCUT2D eigenvalue weighted by atomic mass is 32.1. The molecule has 0 aliphatic rings. The van der Waals surface area contributed by atoms with Gasteiger partial charge < -0.3 is 10.2 Å². The van der Waals surface area contributed by atoms with Crippen LogP contribution in [0, 0.1) is 12.8 Å². The maximum Gasteiger partial charge on any atom is 0.0299 e. The molecule has 0 spiro atoms. The van der Waals surface area contributed by atoms with E-state index < -0.39 is 0 Å². The Labute approximate surface area is 116 Å². The van der Waals surface area contributed by atoms with E-state index in [2.05, 4.69) is 51.0 Å². The van der Waals surface area contributed by atoms with Gasteiger partial charge >= 0.3 is 0 Å².